The van der Waals surface area contributed by atoms with Crippen molar-refractivity contribution in [3.05, 3.63) is 70.8 Å². The molecule has 0 saturated carbocycles. The van der Waals surface area contributed by atoms with Crippen LogP contribution in [0.5, 0.6) is 5.75 Å². The third-order valence-corrected chi connectivity index (χ3v) is 6.51. The van der Waals surface area contributed by atoms with E-state index in [0.717, 1.165) is 18.7 Å². The molecule has 1 aliphatic heterocycles. The van der Waals surface area contributed by atoms with Gasteiger partial charge in [0.05, 0.1) is 17.7 Å². The Morgan fingerprint density at radius 1 is 0.971 bits per heavy atom. The van der Waals surface area contributed by atoms with E-state index in [2.05, 4.69) is 32.6 Å². The smallest absolute Gasteiger partial charge is 0.295 e. The molecule has 2 aromatic rings. The van der Waals surface area contributed by atoms with Crippen molar-refractivity contribution in [3.8, 4) is 5.75 Å². The van der Waals surface area contributed by atoms with E-state index in [-0.39, 0.29) is 17.4 Å². The zero-order valence-corrected chi connectivity index (χ0v) is 21.7. The average Bonchev–Trinajstić information content (AvgIpc) is 3.09. The minimum atomic E-state index is -0.650. The van der Waals surface area contributed by atoms with Gasteiger partial charge in [0.25, 0.3) is 11.7 Å². The number of ketones is 1. The molecule has 0 aliphatic carbocycles. The molecule has 1 unspecified atom stereocenters. The maximum Gasteiger partial charge on any atom is 0.295 e. The van der Waals surface area contributed by atoms with Crippen molar-refractivity contribution in [1.29, 1.82) is 0 Å². The van der Waals surface area contributed by atoms with Crippen LogP contribution in [0.2, 0.25) is 0 Å². The van der Waals surface area contributed by atoms with Crippen LogP contribution in [0.3, 0.4) is 0 Å². The fourth-order valence-corrected chi connectivity index (χ4v) is 4.43. The molecule has 0 radical (unpaired) electrons. The summed E-state index contributed by atoms with van der Waals surface area (Å²) in [6.45, 7) is 15.1. The summed E-state index contributed by atoms with van der Waals surface area (Å²) >= 11 is 0. The standard InChI is InChI=1S/C29H38N2O4/c1-7-30(8-2)17-18-31-26(22-11-9-21(10-12-22)19(3)4)25(28(33)29(31)34)27(32)23-13-15-24(16-14-23)35-20(5)6/h9-16,19-20,26,32H,7-8,17-18H2,1-6H3/b27-25+. The van der Waals surface area contributed by atoms with Crippen LogP contribution in [0.15, 0.2) is 54.1 Å². The summed E-state index contributed by atoms with van der Waals surface area (Å²) < 4.78 is 5.69. The second kappa shape index (κ2) is 11.5. The maximum atomic E-state index is 13.2. The van der Waals surface area contributed by atoms with E-state index in [4.69, 9.17) is 4.74 Å². The first kappa shape index (κ1) is 26.5. The summed E-state index contributed by atoms with van der Waals surface area (Å²) in [7, 11) is 0. The second-order valence-electron chi connectivity index (χ2n) is 9.53. The zero-order chi connectivity index (χ0) is 25.7. The number of hydrogen-bond donors (Lipinski definition) is 1. The molecule has 1 heterocycles. The van der Waals surface area contributed by atoms with E-state index in [1.165, 1.54) is 5.56 Å². The number of carbonyl (C=O) groups is 2. The summed E-state index contributed by atoms with van der Waals surface area (Å²) in [5.74, 6) is -0.344. The summed E-state index contributed by atoms with van der Waals surface area (Å²) in [5.41, 5.74) is 2.60. The minimum absolute atomic E-state index is 0.0272. The number of nitrogens with zero attached hydrogens (tertiary/aromatic N) is 2. The van der Waals surface area contributed by atoms with Gasteiger partial charge in [-0.1, -0.05) is 52.0 Å². The molecule has 6 nitrogen and oxygen atoms in total. The highest BCUT2D eigenvalue weighted by Crippen LogP contribution is 2.39. The second-order valence-corrected chi connectivity index (χ2v) is 9.53. The molecule has 1 aliphatic rings. The lowest BCUT2D eigenvalue weighted by molar-refractivity contribution is -0.140. The Morgan fingerprint density at radius 3 is 2.09 bits per heavy atom. The van der Waals surface area contributed by atoms with Crippen molar-refractivity contribution >= 4 is 17.4 Å². The molecule has 35 heavy (non-hydrogen) atoms. The van der Waals surface area contributed by atoms with Gasteiger partial charge in [-0.25, -0.2) is 0 Å². The van der Waals surface area contributed by atoms with Crippen molar-refractivity contribution in [2.75, 3.05) is 26.2 Å². The van der Waals surface area contributed by atoms with E-state index in [0.29, 0.717) is 30.3 Å². The van der Waals surface area contributed by atoms with Gasteiger partial charge in [0, 0.05) is 18.7 Å². The number of ether oxygens (including phenoxy) is 1. The Labute approximate surface area is 209 Å². The fraction of sp³-hybridized carbons (Fsp3) is 0.448. The van der Waals surface area contributed by atoms with Crippen LogP contribution in [-0.4, -0.2) is 58.9 Å². The number of likely N-dealkylation sites (N-methyl/N-ethyl adjacent to an activating group) is 1. The van der Waals surface area contributed by atoms with Crippen molar-refractivity contribution in [2.45, 2.75) is 59.6 Å². The molecule has 1 fully saturated rings. The number of aliphatic hydroxyl groups excluding tert-OH is 1. The van der Waals surface area contributed by atoms with Crippen molar-refractivity contribution in [2.24, 2.45) is 0 Å². The Balaban J connectivity index is 2.05. The lowest BCUT2D eigenvalue weighted by Gasteiger charge is -2.28. The maximum absolute atomic E-state index is 13.2. The highest BCUT2D eigenvalue weighted by molar-refractivity contribution is 6.46. The number of carbonyl (C=O) groups excluding carboxylic acids is 2. The van der Waals surface area contributed by atoms with Crippen LogP contribution < -0.4 is 4.74 Å². The first-order valence-electron chi connectivity index (χ1n) is 12.6. The van der Waals surface area contributed by atoms with Gasteiger partial charge in [-0.2, -0.15) is 0 Å². The summed E-state index contributed by atoms with van der Waals surface area (Å²) in [6, 6.07) is 14.3. The van der Waals surface area contributed by atoms with E-state index in [1.807, 2.05) is 38.1 Å². The normalized spacial score (nSPS) is 17.7. The largest absolute Gasteiger partial charge is 0.507 e. The number of aliphatic hydroxyl groups is 1. The first-order valence-corrected chi connectivity index (χ1v) is 12.6. The van der Waals surface area contributed by atoms with Gasteiger partial charge in [0.2, 0.25) is 0 Å². The zero-order valence-electron chi connectivity index (χ0n) is 21.7. The van der Waals surface area contributed by atoms with Gasteiger partial charge in [-0.15, -0.1) is 0 Å². The highest BCUT2D eigenvalue weighted by Gasteiger charge is 2.45. The van der Waals surface area contributed by atoms with Crippen LogP contribution in [0.1, 0.15) is 70.2 Å². The molecule has 2 aromatic carbocycles. The minimum Gasteiger partial charge on any atom is -0.507 e. The molecule has 1 amide bonds. The van der Waals surface area contributed by atoms with Gasteiger partial charge in [0.15, 0.2) is 0 Å². The predicted octanol–water partition coefficient (Wildman–Crippen LogP) is 5.36. The monoisotopic (exact) mass is 478 g/mol. The van der Waals surface area contributed by atoms with E-state index in [9.17, 15) is 14.7 Å². The van der Waals surface area contributed by atoms with Crippen LogP contribution in [0, 0.1) is 0 Å². The number of benzene rings is 2. The Morgan fingerprint density at radius 2 is 1.57 bits per heavy atom. The third-order valence-electron chi connectivity index (χ3n) is 6.51. The fourth-order valence-electron chi connectivity index (χ4n) is 4.43. The van der Waals surface area contributed by atoms with E-state index >= 15 is 0 Å². The van der Waals surface area contributed by atoms with Gasteiger partial charge in [0.1, 0.15) is 11.5 Å². The Hall–Kier alpha value is -3.12. The summed E-state index contributed by atoms with van der Waals surface area (Å²) in [6.07, 6.45) is 0.0272. The molecule has 1 N–H and O–H groups in total. The number of amides is 1. The van der Waals surface area contributed by atoms with Gasteiger partial charge < -0.3 is 19.6 Å². The van der Waals surface area contributed by atoms with Crippen molar-refractivity contribution < 1.29 is 19.4 Å². The van der Waals surface area contributed by atoms with E-state index in [1.54, 1.807) is 29.2 Å². The predicted molar refractivity (Wildman–Crippen MR) is 140 cm³/mol. The molecule has 3 rings (SSSR count). The quantitative estimate of drug-likeness (QED) is 0.283. The molecular weight excluding hydrogens is 440 g/mol. The molecule has 0 spiro atoms. The van der Waals surface area contributed by atoms with Crippen LogP contribution in [0.25, 0.3) is 5.76 Å². The van der Waals surface area contributed by atoms with Crippen LogP contribution >= 0.6 is 0 Å². The molecular formula is C29H38N2O4. The van der Waals surface area contributed by atoms with Crippen molar-refractivity contribution in [3.63, 3.8) is 0 Å². The topological polar surface area (TPSA) is 70.1 Å². The van der Waals surface area contributed by atoms with Gasteiger partial charge in [-0.05, 0) is 68.2 Å². The van der Waals surface area contributed by atoms with Crippen LogP contribution in [-0.2, 0) is 9.59 Å². The SMILES string of the molecule is CCN(CC)CCN1C(=O)C(=O)/C(=C(/O)c2ccc(OC(C)C)cc2)C1c1ccc(C(C)C)cc1. The molecule has 1 atom stereocenters. The first-order chi connectivity index (χ1) is 16.7. The summed E-state index contributed by atoms with van der Waals surface area (Å²) in [4.78, 5) is 30.2. The highest BCUT2D eigenvalue weighted by atomic mass is 16.5. The molecule has 0 bridgehead atoms. The Bertz CT molecular complexity index is 1050. The summed E-state index contributed by atoms with van der Waals surface area (Å²) in [5, 5.41) is 11.3. The molecule has 6 heteroatoms. The number of hydrogen-bond acceptors (Lipinski definition) is 5. The van der Waals surface area contributed by atoms with Gasteiger partial charge in [-0.3, -0.25) is 9.59 Å². The lowest BCUT2D eigenvalue weighted by Crippen LogP contribution is -2.38. The number of rotatable bonds is 10. The van der Waals surface area contributed by atoms with Gasteiger partial charge >= 0.3 is 0 Å². The van der Waals surface area contributed by atoms with E-state index < -0.39 is 17.7 Å². The molecule has 1 saturated heterocycles. The third kappa shape index (κ3) is 5.93. The number of Topliss-reactive ketones (excluding diaryl/α,β-unsaturated/α-hetero) is 1. The van der Waals surface area contributed by atoms with Crippen molar-refractivity contribution in [1.82, 2.24) is 9.80 Å². The molecule has 188 valence electrons. The number of likely N-dealkylation sites (tertiary alicyclic amines) is 1. The Kier molecular flexibility index (Phi) is 8.73. The molecule has 0 aromatic heterocycles. The van der Waals surface area contributed by atoms with Crippen LogP contribution in [0.4, 0.5) is 0 Å². The lowest BCUT2D eigenvalue weighted by atomic mass is 9.93. The average molecular weight is 479 g/mol.